The molecule has 0 saturated heterocycles. The molecule has 0 atom stereocenters. The summed E-state index contributed by atoms with van der Waals surface area (Å²) in [4.78, 5) is 14.3. The van der Waals surface area contributed by atoms with Gasteiger partial charge in [-0.2, -0.15) is 13.2 Å². The van der Waals surface area contributed by atoms with Crippen molar-refractivity contribution in [1.82, 2.24) is 4.98 Å². The maximum absolute atomic E-state index is 12.5. The molecule has 0 bridgehead atoms. The molecule has 100 valence electrons. The number of halogens is 3. The second-order valence-corrected chi connectivity index (χ2v) is 4.51. The van der Waals surface area contributed by atoms with Gasteiger partial charge in [0.15, 0.2) is 0 Å². The number of carboxylic acids is 1. The number of pyridine rings is 1. The number of hydrogen-bond acceptors (Lipinski definition) is 3. The molecule has 0 amide bonds. The number of nitrogens with one attached hydrogen (secondary N) is 1. The average molecular weight is 262 g/mol. The van der Waals surface area contributed by atoms with Crippen molar-refractivity contribution >= 4 is 11.8 Å². The number of aliphatic carboxylic acids is 1. The molecule has 1 aromatic rings. The molecular formula is C11H13F3N2O2. The highest BCUT2D eigenvalue weighted by atomic mass is 19.4. The molecule has 2 N–H and O–H groups in total. The van der Waals surface area contributed by atoms with Gasteiger partial charge in [0, 0.05) is 11.7 Å². The number of anilines is 1. The van der Waals surface area contributed by atoms with Crippen molar-refractivity contribution in [2.24, 2.45) is 0 Å². The van der Waals surface area contributed by atoms with Crippen LogP contribution in [0.1, 0.15) is 25.8 Å². The van der Waals surface area contributed by atoms with Crippen molar-refractivity contribution in [3.8, 4) is 0 Å². The van der Waals surface area contributed by atoms with Gasteiger partial charge in [-0.3, -0.25) is 4.79 Å². The van der Waals surface area contributed by atoms with Gasteiger partial charge in [-0.05, 0) is 26.0 Å². The largest absolute Gasteiger partial charge is 0.481 e. The predicted octanol–water partition coefficient (Wildman–Crippen LogP) is 2.77. The first-order valence-electron chi connectivity index (χ1n) is 5.13. The Morgan fingerprint density at radius 3 is 2.56 bits per heavy atom. The summed E-state index contributed by atoms with van der Waals surface area (Å²) in [5, 5.41) is 11.3. The van der Waals surface area contributed by atoms with Gasteiger partial charge in [0.05, 0.1) is 12.0 Å². The molecular weight excluding hydrogens is 249 g/mol. The molecule has 0 unspecified atom stereocenters. The Morgan fingerprint density at radius 1 is 1.44 bits per heavy atom. The summed E-state index contributed by atoms with van der Waals surface area (Å²) in [7, 11) is 0. The standard InChI is InChI=1S/C11H13F3N2O2/c1-10(2,6-9(17)18)16-8-5-7(3-4-15-8)11(12,13)14/h3-5H,6H2,1-2H3,(H,15,16)(H,17,18). The molecule has 0 aromatic carbocycles. The van der Waals surface area contributed by atoms with Crippen molar-refractivity contribution in [3.63, 3.8) is 0 Å². The molecule has 0 radical (unpaired) electrons. The van der Waals surface area contributed by atoms with E-state index in [1.807, 2.05) is 0 Å². The van der Waals surface area contributed by atoms with Crippen LogP contribution in [0, 0.1) is 0 Å². The molecule has 7 heteroatoms. The van der Waals surface area contributed by atoms with Gasteiger partial charge < -0.3 is 10.4 Å². The highest BCUT2D eigenvalue weighted by Gasteiger charge is 2.31. The minimum absolute atomic E-state index is 0.00363. The minimum Gasteiger partial charge on any atom is -0.481 e. The Hall–Kier alpha value is -1.79. The van der Waals surface area contributed by atoms with E-state index in [-0.39, 0.29) is 12.2 Å². The van der Waals surface area contributed by atoms with Crippen molar-refractivity contribution < 1.29 is 23.1 Å². The summed E-state index contributed by atoms with van der Waals surface area (Å²) in [6.45, 7) is 3.14. The normalized spacial score (nSPS) is 12.3. The maximum atomic E-state index is 12.5. The van der Waals surface area contributed by atoms with Gasteiger partial charge in [-0.15, -0.1) is 0 Å². The van der Waals surface area contributed by atoms with E-state index in [4.69, 9.17) is 5.11 Å². The summed E-state index contributed by atoms with van der Waals surface area (Å²) in [5.41, 5.74) is -1.71. The summed E-state index contributed by atoms with van der Waals surface area (Å²) in [6.07, 6.45) is -3.65. The van der Waals surface area contributed by atoms with Crippen molar-refractivity contribution in [2.45, 2.75) is 32.0 Å². The molecule has 0 saturated carbocycles. The van der Waals surface area contributed by atoms with E-state index >= 15 is 0 Å². The van der Waals surface area contributed by atoms with E-state index in [0.717, 1.165) is 18.3 Å². The molecule has 0 aliphatic rings. The number of carbonyl (C=O) groups is 1. The fourth-order valence-corrected chi connectivity index (χ4v) is 1.44. The van der Waals surface area contributed by atoms with Crippen LogP contribution in [0.4, 0.5) is 19.0 Å². The molecule has 18 heavy (non-hydrogen) atoms. The van der Waals surface area contributed by atoms with Crippen LogP contribution >= 0.6 is 0 Å². The van der Waals surface area contributed by atoms with Crippen molar-refractivity contribution in [1.29, 1.82) is 0 Å². The summed E-state index contributed by atoms with van der Waals surface area (Å²) in [6, 6.07) is 1.71. The Bertz CT molecular complexity index is 444. The number of aromatic nitrogens is 1. The lowest BCUT2D eigenvalue weighted by Crippen LogP contribution is -2.34. The van der Waals surface area contributed by atoms with Gasteiger partial charge in [0.2, 0.25) is 0 Å². The minimum atomic E-state index is -4.45. The van der Waals surface area contributed by atoms with Gasteiger partial charge in [-0.1, -0.05) is 0 Å². The van der Waals surface area contributed by atoms with Gasteiger partial charge in [-0.25, -0.2) is 4.98 Å². The van der Waals surface area contributed by atoms with Crippen LogP contribution in [0.25, 0.3) is 0 Å². The summed E-state index contributed by atoms with van der Waals surface area (Å²) in [5.74, 6) is -1.05. The molecule has 0 spiro atoms. The van der Waals surface area contributed by atoms with Gasteiger partial charge >= 0.3 is 12.1 Å². The smallest absolute Gasteiger partial charge is 0.416 e. The average Bonchev–Trinajstić information content (AvgIpc) is 2.13. The fourth-order valence-electron chi connectivity index (χ4n) is 1.44. The van der Waals surface area contributed by atoms with E-state index in [1.54, 1.807) is 13.8 Å². The van der Waals surface area contributed by atoms with Crippen molar-refractivity contribution in [3.05, 3.63) is 23.9 Å². The fraction of sp³-hybridized carbons (Fsp3) is 0.455. The Labute approximate surface area is 102 Å². The van der Waals surface area contributed by atoms with E-state index in [9.17, 15) is 18.0 Å². The highest BCUT2D eigenvalue weighted by Crippen LogP contribution is 2.30. The monoisotopic (exact) mass is 262 g/mol. The zero-order valence-electron chi connectivity index (χ0n) is 9.88. The Morgan fingerprint density at radius 2 is 2.06 bits per heavy atom. The highest BCUT2D eigenvalue weighted by molar-refractivity contribution is 5.69. The van der Waals surface area contributed by atoms with Crippen LogP contribution in [0.2, 0.25) is 0 Å². The lowest BCUT2D eigenvalue weighted by atomic mass is 10.0. The van der Waals surface area contributed by atoms with E-state index in [1.165, 1.54) is 0 Å². The van der Waals surface area contributed by atoms with E-state index < -0.39 is 23.2 Å². The molecule has 1 aromatic heterocycles. The molecule has 0 aliphatic heterocycles. The zero-order chi connectivity index (χ0) is 14.0. The lowest BCUT2D eigenvalue weighted by Gasteiger charge is -2.25. The van der Waals surface area contributed by atoms with Crippen LogP contribution in [-0.2, 0) is 11.0 Å². The predicted molar refractivity (Wildman–Crippen MR) is 59.2 cm³/mol. The van der Waals surface area contributed by atoms with Gasteiger partial charge in [0.1, 0.15) is 5.82 Å². The molecule has 0 fully saturated rings. The Kier molecular flexibility index (Phi) is 3.83. The number of hydrogen-bond donors (Lipinski definition) is 2. The second-order valence-electron chi connectivity index (χ2n) is 4.51. The second kappa shape index (κ2) is 4.83. The third kappa shape index (κ3) is 4.23. The Balaban J connectivity index is 2.89. The first kappa shape index (κ1) is 14.3. The topological polar surface area (TPSA) is 62.2 Å². The van der Waals surface area contributed by atoms with Gasteiger partial charge in [0.25, 0.3) is 0 Å². The maximum Gasteiger partial charge on any atom is 0.416 e. The number of rotatable bonds is 4. The zero-order valence-corrected chi connectivity index (χ0v) is 9.88. The first-order valence-corrected chi connectivity index (χ1v) is 5.13. The number of carboxylic acid groups (broad SMARTS) is 1. The quantitative estimate of drug-likeness (QED) is 0.875. The number of alkyl halides is 3. The first-order chi connectivity index (χ1) is 8.10. The third-order valence-corrected chi connectivity index (χ3v) is 2.15. The third-order valence-electron chi connectivity index (χ3n) is 2.15. The van der Waals surface area contributed by atoms with E-state index in [2.05, 4.69) is 10.3 Å². The summed E-state index contributed by atoms with van der Waals surface area (Å²) >= 11 is 0. The SMILES string of the molecule is CC(C)(CC(=O)O)Nc1cc(C(F)(F)F)ccn1. The number of nitrogens with zero attached hydrogens (tertiary/aromatic N) is 1. The van der Waals surface area contributed by atoms with Crippen LogP contribution in [0.3, 0.4) is 0 Å². The molecule has 4 nitrogen and oxygen atoms in total. The van der Waals surface area contributed by atoms with Crippen molar-refractivity contribution in [2.75, 3.05) is 5.32 Å². The molecule has 1 rings (SSSR count). The van der Waals surface area contributed by atoms with Crippen LogP contribution < -0.4 is 5.32 Å². The van der Waals surface area contributed by atoms with Crippen LogP contribution in [0.5, 0.6) is 0 Å². The summed E-state index contributed by atoms with van der Waals surface area (Å²) < 4.78 is 37.4. The van der Waals surface area contributed by atoms with Crippen LogP contribution in [-0.4, -0.2) is 21.6 Å². The van der Waals surface area contributed by atoms with E-state index in [0.29, 0.717) is 0 Å². The molecule has 1 heterocycles. The van der Waals surface area contributed by atoms with Crippen LogP contribution in [0.15, 0.2) is 18.3 Å². The lowest BCUT2D eigenvalue weighted by molar-refractivity contribution is -0.138. The molecule has 0 aliphatic carbocycles.